The fraction of sp³-hybridized carbons (Fsp3) is 0.529. The van der Waals surface area contributed by atoms with E-state index < -0.39 is 59.8 Å². The number of aromatic nitrogens is 2. The fourth-order valence-electron chi connectivity index (χ4n) is 14.6. The molecule has 0 aliphatic carbocycles. The van der Waals surface area contributed by atoms with Crippen molar-refractivity contribution in [3.8, 4) is 0 Å². The van der Waals surface area contributed by atoms with Crippen molar-refractivity contribution >= 4 is 35.0 Å². The molecule has 24 heteroatoms. The number of halogens is 4. The molecule has 494 valence electrons. The number of morpholine rings is 2. The molecule has 8 N–H and O–H groups in total. The molecule has 4 fully saturated rings. The van der Waals surface area contributed by atoms with Crippen molar-refractivity contribution in [2.75, 3.05) is 102 Å². The largest absolute Gasteiger partial charge is 0.367 e. The van der Waals surface area contributed by atoms with Gasteiger partial charge < -0.3 is 51.3 Å². The van der Waals surface area contributed by atoms with E-state index in [4.69, 9.17) is 20.9 Å². The minimum Gasteiger partial charge on any atom is -0.367 e. The number of alkyl halides is 4. The minimum atomic E-state index is -2.61. The first-order valence-corrected chi connectivity index (χ1v) is 32.0. The number of nitrogens with zero attached hydrogens (tertiary/aromatic N) is 6. The summed E-state index contributed by atoms with van der Waals surface area (Å²) < 4.78 is 65.5. The van der Waals surface area contributed by atoms with Crippen molar-refractivity contribution < 1.29 is 46.2 Å². The van der Waals surface area contributed by atoms with Crippen LogP contribution in [0.3, 0.4) is 0 Å². The molecule has 8 atom stereocenters. The maximum absolute atomic E-state index is 14.7. The third-order valence-corrected chi connectivity index (χ3v) is 19.6. The van der Waals surface area contributed by atoms with Gasteiger partial charge in [0.1, 0.15) is 0 Å². The van der Waals surface area contributed by atoms with Crippen LogP contribution in [-0.2, 0) is 65.2 Å². The normalized spacial score (nSPS) is 25.3. The maximum atomic E-state index is 14.7. The van der Waals surface area contributed by atoms with Crippen LogP contribution in [0.1, 0.15) is 110 Å². The van der Waals surface area contributed by atoms with Crippen molar-refractivity contribution in [3.05, 3.63) is 162 Å². The van der Waals surface area contributed by atoms with Gasteiger partial charge in [-0.3, -0.25) is 48.4 Å². The summed E-state index contributed by atoms with van der Waals surface area (Å²) in [5.41, 5.74) is 16.9. The lowest BCUT2D eigenvalue weighted by atomic mass is 9.91. The average molecular weight is 1280 g/mol. The first-order chi connectivity index (χ1) is 43.8. The molecule has 3 aromatic carbocycles. The Balaban J connectivity index is 0.758. The molecule has 0 spiro atoms. The molecular formula is C68H86F4N12O8. The molecule has 4 amide bonds. The van der Waals surface area contributed by atoms with Crippen molar-refractivity contribution in [2.24, 2.45) is 11.5 Å². The number of carbonyl (C=O) groups excluding carboxylic acids is 4. The van der Waals surface area contributed by atoms with Gasteiger partial charge in [0.15, 0.2) is 12.2 Å². The topological polar surface area (TPSA) is 248 Å². The molecule has 4 unspecified atom stereocenters. The Hall–Kier alpha value is -7.16. The molecule has 4 saturated heterocycles. The quantitative estimate of drug-likeness (QED) is 0.0596. The van der Waals surface area contributed by atoms with Crippen LogP contribution < -0.4 is 43.0 Å². The van der Waals surface area contributed by atoms with E-state index in [2.05, 4.69) is 54.0 Å². The van der Waals surface area contributed by atoms with Crippen LogP contribution in [0.25, 0.3) is 0 Å². The summed E-state index contributed by atoms with van der Waals surface area (Å²) in [6, 6.07) is 22.3. The number of nitrogens with two attached hydrogens (primary N) is 2. The number of benzene rings is 3. The maximum Gasteiger partial charge on any atom is 0.263 e. The van der Waals surface area contributed by atoms with Gasteiger partial charge in [0.25, 0.3) is 24.0 Å². The number of anilines is 2. The monoisotopic (exact) mass is 1270 g/mol. The Morgan fingerprint density at radius 3 is 1.26 bits per heavy atom. The van der Waals surface area contributed by atoms with E-state index in [1.165, 1.54) is 24.3 Å². The fourth-order valence-corrected chi connectivity index (χ4v) is 14.6. The van der Waals surface area contributed by atoms with Crippen LogP contribution in [0, 0.1) is 0 Å². The Morgan fingerprint density at radius 1 is 0.554 bits per heavy atom. The first-order valence-electron chi connectivity index (χ1n) is 32.0. The van der Waals surface area contributed by atoms with Gasteiger partial charge in [0.2, 0.25) is 23.6 Å². The number of hydrogen-bond donors (Lipinski definition) is 6. The van der Waals surface area contributed by atoms with Crippen molar-refractivity contribution in [2.45, 2.75) is 139 Å². The summed E-state index contributed by atoms with van der Waals surface area (Å²) >= 11 is 0. The highest BCUT2D eigenvalue weighted by Gasteiger charge is 2.45. The molecule has 0 radical (unpaired) electrons. The third kappa shape index (κ3) is 14.6. The van der Waals surface area contributed by atoms with Gasteiger partial charge >= 0.3 is 0 Å². The smallest absolute Gasteiger partial charge is 0.263 e. The number of nitrogens with one attached hydrogen (secondary N) is 4. The first kappa shape index (κ1) is 66.3. The van der Waals surface area contributed by atoms with E-state index in [1.807, 2.05) is 52.0 Å². The zero-order valence-corrected chi connectivity index (χ0v) is 53.2. The van der Waals surface area contributed by atoms with Gasteiger partial charge in [-0.15, -0.1) is 0 Å². The summed E-state index contributed by atoms with van der Waals surface area (Å²) in [4.78, 5) is 101. The van der Waals surface area contributed by atoms with Gasteiger partial charge in [-0.2, -0.15) is 0 Å². The van der Waals surface area contributed by atoms with E-state index in [1.54, 1.807) is 46.2 Å². The summed E-state index contributed by atoms with van der Waals surface area (Å²) in [5.74, 6) is -1.42. The van der Waals surface area contributed by atoms with Crippen LogP contribution in [0.4, 0.5) is 28.9 Å². The Labute approximate surface area is 533 Å². The number of rotatable bonds is 20. The van der Waals surface area contributed by atoms with Gasteiger partial charge in [0, 0.05) is 159 Å². The molecule has 0 saturated carbocycles. The van der Waals surface area contributed by atoms with Gasteiger partial charge in [-0.25, -0.2) is 17.6 Å². The predicted octanol–water partition coefficient (Wildman–Crippen LogP) is 4.29. The number of primary amides is 2. The second-order valence-corrected chi connectivity index (χ2v) is 27.5. The highest BCUT2D eigenvalue weighted by Crippen LogP contribution is 2.41. The van der Waals surface area contributed by atoms with Crippen LogP contribution in [0.15, 0.2) is 94.5 Å². The third-order valence-electron chi connectivity index (χ3n) is 19.6. The summed E-state index contributed by atoms with van der Waals surface area (Å²) in [6.07, 6.45) is -5.80. The highest BCUT2D eigenvalue weighted by atomic mass is 19.3. The van der Waals surface area contributed by atoms with Crippen LogP contribution in [-0.4, -0.2) is 193 Å². The Bertz CT molecular complexity index is 3390. The van der Waals surface area contributed by atoms with Gasteiger partial charge in [-0.05, 0) is 61.1 Å². The molecule has 6 aliphatic heterocycles. The number of fused-ring (bicyclic) bond motifs is 2. The van der Waals surface area contributed by atoms with E-state index in [-0.39, 0.29) is 97.4 Å². The van der Waals surface area contributed by atoms with Crippen LogP contribution in [0.5, 0.6) is 0 Å². The molecule has 5 aromatic rings. The Morgan fingerprint density at radius 2 is 0.913 bits per heavy atom. The number of ether oxygens (including phenoxy) is 2. The molecule has 20 nitrogen and oxygen atoms in total. The second-order valence-electron chi connectivity index (χ2n) is 27.5. The molecular weight excluding hydrogens is 1190 g/mol. The molecule has 2 aromatic heterocycles. The molecule has 8 heterocycles. The van der Waals surface area contributed by atoms with E-state index >= 15 is 0 Å². The average Bonchev–Trinajstić information content (AvgIpc) is 1.60. The molecule has 11 rings (SSSR count). The van der Waals surface area contributed by atoms with Crippen LogP contribution in [0.2, 0.25) is 0 Å². The number of aromatic amines is 2. The molecule has 92 heavy (non-hydrogen) atoms. The standard InChI is InChI=1S/C68H86F4N12O8/c1-39-31-81(35-55(85)83-37-67(3,4)59-53(83)27-47(65(89)77-59)23-41-11-15-45(16-12-41)61(69)70)49(29-75-39)33-79-19-21-91-57(63(73)87)51(79)25-43-7-9-44(10-8-43)26-52-58(64(74)88)92-22-20-80(52)34-50-30-76-40(2)32-82(50)36-56(86)84-38-68(5,6)60-54(84)28-48(66(90)78-60)24-42-13-17-46(18-14-42)62(71)72/h7-18,27-28,39-40,49-52,57-58,61-62,75-76H,19-26,29-38H2,1-6H3,(H2,73,87)(H2,74,88)(H,77,89)(H,78,90)/t39-,40-,49-,50-,51?,52?,57?,58?/m1/s1. The number of H-pyrrole nitrogens is 2. The molecule has 6 aliphatic rings. The number of pyridine rings is 2. The summed E-state index contributed by atoms with van der Waals surface area (Å²) in [7, 11) is 0. The summed E-state index contributed by atoms with van der Waals surface area (Å²) in [6.45, 7) is 17.9. The van der Waals surface area contributed by atoms with E-state index in [9.17, 15) is 46.3 Å². The second kappa shape index (κ2) is 27.4. The van der Waals surface area contributed by atoms with Crippen LogP contribution >= 0.6 is 0 Å². The zero-order chi connectivity index (χ0) is 65.5. The predicted molar refractivity (Wildman–Crippen MR) is 341 cm³/mol. The molecule has 0 bridgehead atoms. The van der Waals surface area contributed by atoms with Gasteiger partial charge in [-0.1, -0.05) is 100 Å². The lowest BCUT2D eigenvalue weighted by Crippen LogP contribution is -2.64. The Kier molecular flexibility index (Phi) is 19.8. The SMILES string of the molecule is C[C@@H]1CN(CC(=O)N2CC(C)(C)c3[nH]c(=O)c(Cc4ccc(C(F)F)cc4)cc32)[C@@H](CN2CCOC(C(N)=O)C2Cc2ccc(CC3C(C(N)=O)OCCN3C[C@H]3CN[C@H](C)CN3CC(=O)N3CC(C)(C)c4[nH]c(=O)c(Cc5ccc(C(F)F)cc5)cc43)cc2)CN1. The van der Waals surface area contributed by atoms with Crippen molar-refractivity contribution in [1.82, 2.24) is 40.2 Å². The van der Waals surface area contributed by atoms with E-state index in [0.29, 0.717) is 123 Å². The van der Waals surface area contributed by atoms with Gasteiger partial charge in [0.05, 0.1) is 37.7 Å². The van der Waals surface area contributed by atoms with Crippen molar-refractivity contribution in [1.29, 1.82) is 0 Å². The van der Waals surface area contributed by atoms with E-state index in [0.717, 1.165) is 11.1 Å². The minimum absolute atomic E-state index is 0.0742. The highest BCUT2D eigenvalue weighted by molar-refractivity contribution is 5.98. The number of amides is 4. The lowest BCUT2D eigenvalue weighted by Gasteiger charge is -2.46. The number of hydrogen-bond acceptors (Lipinski definition) is 14. The lowest BCUT2D eigenvalue weighted by molar-refractivity contribution is -0.143. The number of piperazine rings is 2. The summed E-state index contributed by atoms with van der Waals surface area (Å²) in [5, 5.41) is 7.20. The zero-order valence-electron chi connectivity index (χ0n) is 53.2. The van der Waals surface area contributed by atoms with Crippen molar-refractivity contribution in [3.63, 3.8) is 0 Å². The number of carbonyl (C=O) groups is 4.